The summed E-state index contributed by atoms with van der Waals surface area (Å²) in [6.45, 7) is 0. The molecule has 5 heteroatoms. The van der Waals surface area contributed by atoms with Crippen molar-refractivity contribution < 1.29 is 10.2 Å². The normalized spacial score (nSPS) is 37.8. The molecule has 0 amide bonds. The second-order valence-electron chi connectivity index (χ2n) is 2.81. The van der Waals surface area contributed by atoms with Crippen LogP contribution in [0.1, 0.15) is 19.3 Å². The fraction of sp³-hybridized carbons (Fsp3) is 1.00. The average Bonchev–Trinajstić information content (AvgIpc) is 1.98. The summed E-state index contributed by atoms with van der Waals surface area (Å²) >= 11 is 0. The molecule has 0 aromatic heterocycles. The Hall–Kier alpha value is -0.770. The van der Waals surface area contributed by atoms with E-state index in [-0.39, 0.29) is 6.04 Å². The highest BCUT2D eigenvalue weighted by molar-refractivity contribution is 4.83. The van der Waals surface area contributed by atoms with Crippen LogP contribution in [0.15, 0.2) is 5.11 Å². The molecule has 62 valence electrons. The van der Waals surface area contributed by atoms with Crippen molar-refractivity contribution in [1.29, 1.82) is 0 Å². The Morgan fingerprint density at radius 2 is 2.00 bits per heavy atom. The number of hydrogen-bond donors (Lipinski definition) is 2. The molecule has 1 rings (SSSR count). The summed E-state index contributed by atoms with van der Waals surface area (Å²) < 4.78 is 0. The number of aliphatic hydroxyl groups excluding tert-OH is 2. The van der Waals surface area contributed by atoms with Crippen molar-refractivity contribution in [2.45, 2.75) is 37.5 Å². The largest absolute Gasteiger partial charge is 0.390 e. The molecule has 0 unspecified atom stereocenters. The molecule has 0 saturated heterocycles. The molecule has 0 aromatic carbocycles. The van der Waals surface area contributed by atoms with Gasteiger partial charge in [-0.2, -0.15) is 0 Å². The molecule has 1 aliphatic carbocycles. The molecule has 5 nitrogen and oxygen atoms in total. The van der Waals surface area contributed by atoms with Crippen molar-refractivity contribution in [3.63, 3.8) is 0 Å². The van der Waals surface area contributed by atoms with Crippen LogP contribution in [0, 0.1) is 0 Å². The lowest BCUT2D eigenvalue weighted by molar-refractivity contribution is -0.0139. The van der Waals surface area contributed by atoms with Crippen molar-refractivity contribution in [2.75, 3.05) is 0 Å². The van der Waals surface area contributed by atoms with Gasteiger partial charge in [0.25, 0.3) is 0 Å². The van der Waals surface area contributed by atoms with Crippen LogP contribution in [0.2, 0.25) is 0 Å². The maximum atomic E-state index is 9.14. The number of nitrogens with zero attached hydrogens (tertiary/aromatic N) is 3. The van der Waals surface area contributed by atoms with E-state index in [1.165, 1.54) is 0 Å². The van der Waals surface area contributed by atoms with Gasteiger partial charge in [-0.05, 0) is 24.8 Å². The van der Waals surface area contributed by atoms with Crippen LogP contribution in [0.3, 0.4) is 0 Å². The third-order valence-corrected chi connectivity index (χ3v) is 1.97. The Labute approximate surface area is 64.3 Å². The van der Waals surface area contributed by atoms with E-state index in [0.717, 1.165) is 0 Å². The Bertz CT molecular complexity index is 179. The molecule has 1 aliphatic rings. The lowest BCUT2D eigenvalue weighted by atomic mass is 9.91. The standard InChI is InChI=1S/C6H11N3O2/c7-9-8-4-1-2-5(10)6(11)3-4/h4-6,10-11H,1-3H2/t4-,5+,6+/m0/s1. The first-order chi connectivity index (χ1) is 5.24. The van der Waals surface area contributed by atoms with Crippen molar-refractivity contribution in [3.05, 3.63) is 10.4 Å². The molecule has 0 radical (unpaired) electrons. The maximum absolute atomic E-state index is 9.14. The van der Waals surface area contributed by atoms with Gasteiger partial charge in [-0.3, -0.25) is 0 Å². The van der Waals surface area contributed by atoms with Crippen LogP contribution in [-0.4, -0.2) is 28.5 Å². The van der Waals surface area contributed by atoms with Crippen LogP contribution >= 0.6 is 0 Å². The highest BCUT2D eigenvalue weighted by atomic mass is 16.3. The van der Waals surface area contributed by atoms with Gasteiger partial charge in [0.15, 0.2) is 0 Å². The van der Waals surface area contributed by atoms with Gasteiger partial charge in [-0.15, -0.1) is 0 Å². The number of hydrogen-bond acceptors (Lipinski definition) is 3. The highest BCUT2D eigenvalue weighted by Crippen LogP contribution is 2.21. The Kier molecular flexibility index (Phi) is 2.70. The summed E-state index contributed by atoms with van der Waals surface area (Å²) in [5, 5.41) is 21.7. The molecular weight excluding hydrogens is 146 g/mol. The second kappa shape index (κ2) is 3.57. The minimum absolute atomic E-state index is 0.140. The lowest BCUT2D eigenvalue weighted by Crippen LogP contribution is -2.34. The summed E-state index contributed by atoms with van der Waals surface area (Å²) in [5.74, 6) is 0. The third kappa shape index (κ3) is 2.08. The van der Waals surface area contributed by atoms with Gasteiger partial charge < -0.3 is 10.2 Å². The summed E-state index contributed by atoms with van der Waals surface area (Å²) in [7, 11) is 0. The van der Waals surface area contributed by atoms with Crippen molar-refractivity contribution in [3.8, 4) is 0 Å². The number of azide groups is 1. The summed E-state index contributed by atoms with van der Waals surface area (Å²) in [6.07, 6.45) is 0.206. The average molecular weight is 157 g/mol. The van der Waals surface area contributed by atoms with Crippen LogP contribution in [-0.2, 0) is 0 Å². The lowest BCUT2D eigenvalue weighted by Gasteiger charge is -2.26. The fourth-order valence-corrected chi connectivity index (χ4v) is 1.29. The zero-order valence-electron chi connectivity index (χ0n) is 6.09. The van der Waals surface area contributed by atoms with Gasteiger partial charge in [0, 0.05) is 11.0 Å². The summed E-state index contributed by atoms with van der Waals surface area (Å²) in [5.41, 5.74) is 8.08. The molecule has 0 bridgehead atoms. The topological polar surface area (TPSA) is 89.2 Å². The molecule has 2 N–H and O–H groups in total. The fourth-order valence-electron chi connectivity index (χ4n) is 1.29. The minimum Gasteiger partial charge on any atom is -0.390 e. The maximum Gasteiger partial charge on any atom is 0.0803 e. The molecule has 11 heavy (non-hydrogen) atoms. The molecule has 3 atom stereocenters. The van der Waals surface area contributed by atoms with Gasteiger partial charge >= 0.3 is 0 Å². The minimum atomic E-state index is -0.723. The van der Waals surface area contributed by atoms with Crippen LogP contribution in [0.4, 0.5) is 0 Å². The quantitative estimate of drug-likeness (QED) is 0.331. The predicted octanol–water partition coefficient (Wildman–Crippen LogP) is 0.571. The SMILES string of the molecule is [N-]=[N+]=N[C@H]1CC[C@@H](O)[C@H](O)C1. The first kappa shape index (κ1) is 8.33. The van der Waals surface area contributed by atoms with Crippen LogP contribution in [0.5, 0.6) is 0 Å². The smallest absolute Gasteiger partial charge is 0.0803 e. The monoisotopic (exact) mass is 157 g/mol. The molecule has 1 saturated carbocycles. The molecular formula is C6H11N3O2. The van der Waals surface area contributed by atoms with E-state index in [9.17, 15) is 0 Å². The van der Waals surface area contributed by atoms with E-state index in [0.29, 0.717) is 19.3 Å². The van der Waals surface area contributed by atoms with Crippen LogP contribution < -0.4 is 0 Å². The van der Waals surface area contributed by atoms with Gasteiger partial charge in [0.2, 0.25) is 0 Å². The first-order valence-electron chi connectivity index (χ1n) is 3.64. The van der Waals surface area contributed by atoms with Gasteiger partial charge in [0.1, 0.15) is 0 Å². The molecule has 0 spiro atoms. The number of aliphatic hydroxyl groups is 2. The highest BCUT2D eigenvalue weighted by Gasteiger charge is 2.26. The Morgan fingerprint density at radius 3 is 2.55 bits per heavy atom. The van der Waals surface area contributed by atoms with E-state index in [4.69, 9.17) is 15.7 Å². The summed E-state index contributed by atoms with van der Waals surface area (Å²) in [4.78, 5) is 2.65. The molecule has 0 aromatic rings. The van der Waals surface area contributed by atoms with Gasteiger partial charge in [-0.1, -0.05) is 5.11 Å². The van der Waals surface area contributed by atoms with E-state index in [2.05, 4.69) is 10.0 Å². The second-order valence-corrected chi connectivity index (χ2v) is 2.81. The predicted molar refractivity (Wildman–Crippen MR) is 38.8 cm³/mol. The van der Waals surface area contributed by atoms with E-state index in [1.807, 2.05) is 0 Å². The van der Waals surface area contributed by atoms with Crippen molar-refractivity contribution in [1.82, 2.24) is 0 Å². The zero-order chi connectivity index (χ0) is 8.27. The molecule has 1 fully saturated rings. The van der Waals surface area contributed by atoms with Gasteiger partial charge in [-0.25, -0.2) is 0 Å². The van der Waals surface area contributed by atoms with Crippen molar-refractivity contribution >= 4 is 0 Å². The van der Waals surface area contributed by atoms with E-state index in [1.54, 1.807) is 0 Å². The zero-order valence-corrected chi connectivity index (χ0v) is 6.09. The van der Waals surface area contributed by atoms with Gasteiger partial charge in [0.05, 0.1) is 12.2 Å². The van der Waals surface area contributed by atoms with Crippen molar-refractivity contribution in [2.24, 2.45) is 5.11 Å². The molecule has 0 heterocycles. The third-order valence-electron chi connectivity index (χ3n) is 1.97. The number of rotatable bonds is 1. The Balaban J connectivity index is 2.45. The summed E-state index contributed by atoms with van der Waals surface area (Å²) in [6, 6.07) is -0.140. The van der Waals surface area contributed by atoms with E-state index >= 15 is 0 Å². The van der Waals surface area contributed by atoms with Crippen LogP contribution in [0.25, 0.3) is 10.4 Å². The molecule has 0 aliphatic heterocycles. The Morgan fingerprint density at radius 1 is 1.27 bits per heavy atom. The first-order valence-corrected chi connectivity index (χ1v) is 3.64. The van der Waals surface area contributed by atoms with E-state index < -0.39 is 12.2 Å².